The highest BCUT2D eigenvalue weighted by Gasteiger charge is 2.19. The highest BCUT2D eigenvalue weighted by Crippen LogP contribution is 2.31. The van der Waals surface area contributed by atoms with Gasteiger partial charge in [0.2, 0.25) is 11.9 Å². The number of anilines is 2. The first-order valence-electron chi connectivity index (χ1n) is 7.30. The predicted octanol–water partition coefficient (Wildman–Crippen LogP) is 2.37. The Morgan fingerprint density at radius 2 is 2.08 bits per heavy atom. The predicted molar refractivity (Wildman–Crippen MR) is 97.8 cm³/mol. The van der Waals surface area contributed by atoms with Crippen LogP contribution in [0.1, 0.15) is 21.2 Å². The fraction of sp³-hybridized carbons (Fsp3) is 0.267. The van der Waals surface area contributed by atoms with Gasteiger partial charge in [0.25, 0.3) is 0 Å². The molecular formula is C15H16N6O2S2. The molecule has 0 atom stereocenters. The lowest BCUT2D eigenvalue weighted by molar-refractivity contribution is 0.0467. The Balaban J connectivity index is 1.73. The van der Waals surface area contributed by atoms with Crippen molar-refractivity contribution in [3.63, 3.8) is 0 Å². The first kappa shape index (κ1) is 17.2. The Bertz CT molecular complexity index is 892. The van der Waals surface area contributed by atoms with E-state index in [2.05, 4.69) is 19.9 Å². The molecule has 0 fully saturated rings. The molecule has 10 heteroatoms. The zero-order chi connectivity index (χ0) is 18.0. The van der Waals surface area contributed by atoms with Gasteiger partial charge < -0.3 is 15.4 Å². The molecule has 0 saturated heterocycles. The summed E-state index contributed by atoms with van der Waals surface area (Å²) in [4.78, 5) is 32.2. The van der Waals surface area contributed by atoms with Gasteiger partial charge in [-0.1, -0.05) is 6.07 Å². The molecule has 0 spiro atoms. The van der Waals surface area contributed by atoms with E-state index in [-0.39, 0.29) is 12.6 Å². The second kappa shape index (κ2) is 7.11. The largest absolute Gasteiger partial charge is 0.453 e. The molecule has 3 aromatic rings. The summed E-state index contributed by atoms with van der Waals surface area (Å²) in [7, 11) is 3.58. The van der Waals surface area contributed by atoms with Crippen LogP contribution in [0.5, 0.6) is 0 Å². The molecule has 8 nitrogen and oxygen atoms in total. The number of thiazole rings is 1. The van der Waals surface area contributed by atoms with Crippen molar-refractivity contribution in [2.75, 3.05) is 24.7 Å². The number of rotatable bonds is 5. The van der Waals surface area contributed by atoms with Crippen molar-refractivity contribution >= 4 is 40.5 Å². The second-order valence-electron chi connectivity index (χ2n) is 5.29. The van der Waals surface area contributed by atoms with Crippen LogP contribution >= 0.6 is 22.7 Å². The monoisotopic (exact) mass is 376 g/mol. The van der Waals surface area contributed by atoms with E-state index in [1.807, 2.05) is 17.5 Å². The zero-order valence-corrected chi connectivity index (χ0v) is 15.5. The molecule has 0 aliphatic rings. The summed E-state index contributed by atoms with van der Waals surface area (Å²) in [5, 5.41) is 2.77. The fourth-order valence-electron chi connectivity index (χ4n) is 1.98. The van der Waals surface area contributed by atoms with Crippen LogP contribution in [-0.4, -0.2) is 40.0 Å². The maximum absolute atomic E-state index is 12.4. The van der Waals surface area contributed by atoms with Crippen LogP contribution in [0.15, 0.2) is 17.5 Å². The number of hydrogen-bond donors (Lipinski definition) is 1. The Morgan fingerprint density at radius 1 is 1.28 bits per heavy atom. The molecular weight excluding hydrogens is 360 g/mol. The lowest BCUT2D eigenvalue weighted by Gasteiger charge is -2.11. The number of carbonyl (C=O) groups is 1. The smallest absolute Gasteiger partial charge is 0.350 e. The van der Waals surface area contributed by atoms with Crippen LogP contribution in [0.25, 0.3) is 9.88 Å². The molecule has 130 valence electrons. The molecule has 0 aromatic carbocycles. The molecule has 3 rings (SSSR count). The van der Waals surface area contributed by atoms with Crippen LogP contribution in [0.4, 0.5) is 11.9 Å². The summed E-state index contributed by atoms with van der Waals surface area (Å²) in [5.74, 6) is 0.333. The number of ether oxygens (including phenoxy) is 1. The van der Waals surface area contributed by atoms with Crippen molar-refractivity contribution in [2.45, 2.75) is 13.5 Å². The summed E-state index contributed by atoms with van der Waals surface area (Å²) in [6.07, 6.45) is 0. The van der Waals surface area contributed by atoms with Crippen LogP contribution in [0.3, 0.4) is 0 Å². The number of nitrogens with zero attached hydrogens (tertiary/aromatic N) is 5. The van der Waals surface area contributed by atoms with Crippen molar-refractivity contribution < 1.29 is 9.53 Å². The van der Waals surface area contributed by atoms with Gasteiger partial charge >= 0.3 is 5.97 Å². The topological polar surface area (TPSA) is 107 Å². The Kier molecular flexibility index (Phi) is 4.91. The Morgan fingerprint density at radius 3 is 2.76 bits per heavy atom. The molecule has 25 heavy (non-hydrogen) atoms. The van der Waals surface area contributed by atoms with E-state index in [1.54, 1.807) is 37.3 Å². The number of carbonyl (C=O) groups excluding carboxylic acids is 1. The van der Waals surface area contributed by atoms with E-state index >= 15 is 0 Å². The quantitative estimate of drug-likeness (QED) is 0.676. The molecule has 2 N–H and O–H groups in total. The number of aryl methyl sites for hydroxylation is 1. The van der Waals surface area contributed by atoms with Gasteiger partial charge in [-0.3, -0.25) is 0 Å². The molecule has 0 unspecified atom stereocenters. The van der Waals surface area contributed by atoms with Crippen LogP contribution < -0.4 is 10.6 Å². The van der Waals surface area contributed by atoms with Gasteiger partial charge in [0.05, 0.1) is 10.6 Å². The first-order chi connectivity index (χ1) is 11.9. The van der Waals surface area contributed by atoms with Gasteiger partial charge in [-0.25, -0.2) is 9.78 Å². The fourth-order valence-corrected chi connectivity index (χ4v) is 3.73. The lowest BCUT2D eigenvalue weighted by atomic mass is 10.4. The van der Waals surface area contributed by atoms with Crippen LogP contribution in [0.2, 0.25) is 0 Å². The summed E-state index contributed by atoms with van der Waals surface area (Å²) in [6, 6.07) is 3.91. The van der Waals surface area contributed by atoms with Crippen molar-refractivity contribution in [1.82, 2.24) is 19.9 Å². The summed E-state index contributed by atoms with van der Waals surface area (Å²) in [6.45, 7) is 1.70. The minimum Gasteiger partial charge on any atom is -0.453 e. The maximum Gasteiger partial charge on any atom is 0.350 e. The number of thiophene rings is 1. The van der Waals surface area contributed by atoms with E-state index < -0.39 is 5.97 Å². The molecule has 0 radical (unpaired) electrons. The third kappa shape index (κ3) is 3.91. The molecule has 0 saturated carbocycles. The average molecular weight is 376 g/mol. The minimum absolute atomic E-state index is 0.0821. The highest BCUT2D eigenvalue weighted by molar-refractivity contribution is 7.22. The third-order valence-electron chi connectivity index (χ3n) is 3.13. The van der Waals surface area contributed by atoms with Crippen LogP contribution in [0, 0.1) is 6.92 Å². The number of nitrogens with two attached hydrogens (primary N) is 1. The second-order valence-corrected chi connectivity index (χ2v) is 7.24. The van der Waals surface area contributed by atoms with Gasteiger partial charge in [-0.05, 0) is 18.4 Å². The van der Waals surface area contributed by atoms with Gasteiger partial charge in [0, 0.05) is 14.1 Å². The van der Waals surface area contributed by atoms with Crippen molar-refractivity contribution in [2.24, 2.45) is 0 Å². The summed E-state index contributed by atoms with van der Waals surface area (Å²) in [5.41, 5.74) is 6.30. The number of nitrogen functional groups attached to an aromatic ring is 1. The molecule has 0 aliphatic carbocycles. The van der Waals surface area contributed by atoms with Crippen molar-refractivity contribution in [1.29, 1.82) is 0 Å². The number of esters is 1. The Hall–Kier alpha value is -2.59. The van der Waals surface area contributed by atoms with Gasteiger partial charge in [-0.15, -0.1) is 22.7 Å². The van der Waals surface area contributed by atoms with E-state index in [4.69, 9.17) is 10.5 Å². The number of hydrogen-bond acceptors (Lipinski definition) is 10. The normalized spacial score (nSPS) is 10.7. The highest BCUT2D eigenvalue weighted by atomic mass is 32.1. The van der Waals surface area contributed by atoms with Crippen molar-refractivity contribution in [3.8, 4) is 9.88 Å². The zero-order valence-electron chi connectivity index (χ0n) is 13.9. The summed E-state index contributed by atoms with van der Waals surface area (Å²) >= 11 is 2.89. The lowest BCUT2D eigenvalue weighted by Crippen LogP contribution is -2.17. The minimum atomic E-state index is -0.455. The molecule has 3 heterocycles. The molecule has 0 bridgehead atoms. The van der Waals surface area contributed by atoms with Gasteiger partial charge in [0.15, 0.2) is 12.4 Å². The molecule has 0 aliphatic heterocycles. The van der Waals surface area contributed by atoms with E-state index in [0.29, 0.717) is 22.3 Å². The average Bonchev–Trinajstić information content (AvgIpc) is 3.21. The van der Waals surface area contributed by atoms with Gasteiger partial charge in [-0.2, -0.15) is 15.0 Å². The molecule has 0 amide bonds. The standard InChI is InChI=1S/C15H16N6O2S2/c1-8-11(25-12(17-8)9-5-4-6-24-9)13(22)23-7-10-18-14(16)20-15(19-10)21(2)3/h4-6H,7H2,1-3H3,(H2,16,18,19,20). The maximum atomic E-state index is 12.4. The van der Waals surface area contributed by atoms with Gasteiger partial charge in [0.1, 0.15) is 9.88 Å². The van der Waals surface area contributed by atoms with E-state index in [1.165, 1.54) is 11.3 Å². The van der Waals surface area contributed by atoms with E-state index in [0.717, 1.165) is 9.88 Å². The third-order valence-corrected chi connectivity index (χ3v) is 5.31. The van der Waals surface area contributed by atoms with E-state index in [9.17, 15) is 4.79 Å². The number of aromatic nitrogens is 4. The Labute approximate surface area is 152 Å². The summed E-state index contributed by atoms with van der Waals surface area (Å²) < 4.78 is 5.32. The molecule has 3 aromatic heterocycles. The SMILES string of the molecule is Cc1nc(-c2cccs2)sc1C(=O)OCc1nc(N)nc(N(C)C)n1. The van der Waals surface area contributed by atoms with Crippen molar-refractivity contribution in [3.05, 3.63) is 33.9 Å². The first-order valence-corrected chi connectivity index (χ1v) is 9.00. The van der Waals surface area contributed by atoms with Crippen LogP contribution in [-0.2, 0) is 11.3 Å².